The zero-order chi connectivity index (χ0) is 5.70. The quantitative estimate of drug-likeness (QED) is 0.435. The van der Waals surface area contributed by atoms with Crippen molar-refractivity contribution < 1.29 is 4.43 Å². The lowest BCUT2D eigenvalue weighted by atomic mass is 10.6. The van der Waals surface area contributed by atoms with Crippen LogP contribution in [0.4, 0.5) is 0 Å². The van der Waals surface area contributed by atoms with Gasteiger partial charge in [0.2, 0.25) is 0 Å². The Morgan fingerprint density at radius 1 is 1.57 bits per heavy atom. The van der Waals surface area contributed by atoms with E-state index in [1.165, 1.54) is 0 Å². The SMILES string of the molecule is CN(C)CCO[SiH3]. The zero-order valence-electron chi connectivity index (χ0n) is 5.27. The highest BCUT2D eigenvalue weighted by molar-refractivity contribution is 5.97. The van der Waals surface area contributed by atoms with Crippen LogP contribution in [0.5, 0.6) is 0 Å². The Labute approximate surface area is 48.0 Å². The van der Waals surface area contributed by atoms with Crippen molar-refractivity contribution in [3.63, 3.8) is 0 Å². The molecule has 0 aliphatic carbocycles. The molecule has 2 nitrogen and oxygen atoms in total. The van der Waals surface area contributed by atoms with Gasteiger partial charge in [-0.15, -0.1) is 0 Å². The summed E-state index contributed by atoms with van der Waals surface area (Å²) in [5.41, 5.74) is 0. The van der Waals surface area contributed by atoms with E-state index in [1.807, 2.05) is 14.1 Å². The molecule has 0 saturated heterocycles. The first kappa shape index (κ1) is 7.14. The average Bonchev–Trinajstić information content (AvgIpc) is 1.61. The van der Waals surface area contributed by atoms with Crippen molar-refractivity contribution in [1.29, 1.82) is 0 Å². The summed E-state index contributed by atoms with van der Waals surface area (Å²) >= 11 is 0. The monoisotopic (exact) mass is 119 g/mol. The number of hydrogen-bond donors (Lipinski definition) is 0. The molecule has 0 heterocycles. The van der Waals surface area contributed by atoms with Gasteiger partial charge in [0.15, 0.2) is 0 Å². The molecule has 0 atom stereocenters. The van der Waals surface area contributed by atoms with E-state index in [0.717, 1.165) is 23.6 Å². The molecule has 0 aliphatic heterocycles. The molecule has 0 aromatic carbocycles. The van der Waals surface area contributed by atoms with Gasteiger partial charge in [0.05, 0.1) is 0 Å². The second kappa shape index (κ2) is 4.30. The Morgan fingerprint density at radius 2 is 2.14 bits per heavy atom. The Balaban J connectivity index is 2.68. The maximum absolute atomic E-state index is 4.95. The molecule has 0 N–H and O–H groups in total. The summed E-state index contributed by atoms with van der Waals surface area (Å²) < 4.78 is 4.95. The van der Waals surface area contributed by atoms with Gasteiger partial charge in [-0.25, -0.2) is 0 Å². The largest absolute Gasteiger partial charge is 0.427 e. The van der Waals surface area contributed by atoms with Gasteiger partial charge in [-0.1, -0.05) is 0 Å². The van der Waals surface area contributed by atoms with Gasteiger partial charge in [0, 0.05) is 13.2 Å². The van der Waals surface area contributed by atoms with Gasteiger partial charge in [0.1, 0.15) is 10.5 Å². The van der Waals surface area contributed by atoms with Crippen LogP contribution in [0.15, 0.2) is 0 Å². The van der Waals surface area contributed by atoms with Crippen LogP contribution in [0.25, 0.3) is 0 Å². The Hall–Kier alpha value is 0.137. The highest BCUT2D eigenvalue weighted by Gasteiger charge is 1.83. The van der Waals surface area contributed by atoms with Crippen molar-refractivity contribution in [3.8, 4) is 0 Å². The van der Waals surface area contributed by atoms with Crippen molar-refractivity contribution in [3.05, 3.63) is 0 Å². The molecule has 44 valence electrons. The fourth-order valence-corrected chi connectivity index (χ4v) is 0.456. The molecule has 0 fully saturated rings. The van der Waals surface area contributed by atoms with E-state index in [2.05, 4.69) is 4.90 Å². The molecule has 0 spiro atoms. The average molecular weight is 119 g/mol. The molecule has 0 aromatic heterocycles. The third-order valence-electron chi connectivity index (χ3n) is 0.743. The second-order valence-corrected chi connectivity index (χ2v) is 2.37. The minimum Gasteiger partial charge on any atom is -0.427 e. The number of nitrogens with zero attached hydrogens (tertiary/aromatic N) is 1. The summed E-state index contributed by atoms with van der Waals surface area (Å²) in [4.78, 5) is 2.11. The number of hydrogen-bond acceptors (Lipinski definition) is 2. The summed E-state index contributed by atoms with van der Waals surface area (Å²) in [6.07, 6.45) is 0. The lowest BCUT2D eigenvalue weighted by molar-refractivity contribution is 0.279. The van der Waals surface area contributed by atoms with Crippen molar-refractivity contribution in [2.75, 3.05) is 27.2 Å². The molecule has 0 bridgehead atoms. The zero-order valence-corrected chi connectivity index (χ0v) is 7.27. The van der Waals surface area contributed by atoms with Crippen LogP contribution >= 0.6 is 0 Å². The minimum absolute atomic E-state index is 0.868. The minimum atomic E-state index is 0.868. The van der Waals surface area contributed by atoms with Gasteiger partial charge < -0.3 is 9.33 Å². The number of likely N-dealkylation sites (N-methyl/N-ethyl adjacent to an activating group) is 1. The van der Waals surface area contributed by atoms with Crippen LogP contribution in [-0.4, -0.2) is 42.6 Å². The Kier molecular flexibility index (Phi) is 4.38. The third kappa shape index (κ3) is 6.14. The van der Waals surface area contributed by atoms with Crippen LogP contribution in [-0.2, 0) is 4.43 Å². The van der Waals surface area contributed by atoms with Gasteiger partial charge >= 0.3 is 0 Å². The lowest BCUT2D eigenvalue weighted by Gasteiger charge is -2.06. The predicted molar refractivity (Wildman–Crippen MR) is 34.4 cm³/mol. The van der Waals surface area contributed by atoms with E-state index in [4.69, 9.17) is 4.43 Å². The van der Waals surface area contributed by atoms with Crippen LogP contribution in [0.1, 0.15) is 0 Å². The molecule has 0 saturated carbocycles. The summed E-state index contributed by atoms with van der Waals surface area (Å²) in [5.74, 6) is 0. The second-order valence-electron chi connectivity index (χ2n) is 1.80. The summed E-state index contributed by atoms with van der Waals surface area (Å²) in [6, 6.07) is 0. The molecule has 0 amide bonds. The molecular weight excluding hydrogens is 106 g/mol. The number of rotatable bonds is 3. The van der Waals surface area contributed by atoms with Gasteiger partial charge in [-0.05, 0) is 14.1 Å². The Bertz CT molecular complexity index is 40.7. The highest BCUT2D eigenvalue weighted by Crippen LogP contribution is 1.71. The molecule has 0 aromatic rings. The fraction of sp³-hybridized carbons (Fsp3) is 1.00. The van der Waals surface area contributed by atoms with Crippen LogP contribution in [0.2, 0.25) is 0 Å². The highest BCUT2D eigenvalue weighted by atomic mass is 28.2. The smallest absolute Gasteiger partial charge is 0.146 e. The third-order valence-corrected chi connectivity index (χ3v) is 1.15. The van der Waals surface area contributed by atoms with Gasteiger partial charge in [-0.2, -0.15) is 0 Å². The summed E-state index contributed by atoms with van der Waals surface area (Å²) in [7, 11) is 4.95. The van der Waals surface area contributed by atoms with Crippen molar-refractivity contribution in [2.45, 2.75) is 0 Å². The van der Waals surface area contributed by atoms with Crippen LogP contribution in [0, 0.1) is 0 Å². The molecule has 0 rings (SSSR count). The normalized spacial score (nSPS) is 10.7. The van der Waals surface area contributed by atoms with Gasteiger partial charge in [-0.3, -0.25) is 0 Å². The molecule has 7 heavy (non-hydrogen) atoms. The van der Waals surface area contributed by atoms with Crippen LogP contribution in [0.3, 0.4) is 0 Å². The first-order valence-corrected chi connectivity index (χ1v) is 3.22. The van der Waals surface area contributed by atoms with E-state index in [-0.39, 0.29) is 0 Å². The van der Waals surface area contributed by atoms with Gasteiger partial charge in [0.25, 0.3) is 0 Å². The Morgan fingerprint density at radius 3 is 2.29 bits per heavy atom. The summed E-state index contributed by atoms with van der Waals surface area (Å²) in [5, 5.41) is 0. The van der Waals surface area contributed by atoms with E-state index < -0.39 is 0 Å². The molecule has 0 radical (unpaired) electrons. The maximum Gasteiger partial charge on any atom is 0.146 e. The predicted octanol–water partition coefficient (Wildman–Crippen LogP) is -1.16. The summed E-state index contributed by atoms with van der Waals surface area (Å²) in [6.45, 7) is 1.93. The lowest BCUT2D eigenvalue weighted by Crippen LogP contribution is -2.17. The van der Waals surface area contributed by atoms with Crippen molar-refractivity contribution in [1.82, 2.24) is 4.90 Å². The molecular formula is C4H13NOSi. The first-order valence-electron chi connectivity index (χ1n) is 2.41. The van der Waals surface area contributed by atoms with E-state index in [9.17, 15) is 0 Å². The molecule has 3 heteroatoms. The fourth-order valence-electron chi connectivity index (χ4n) is 0.274. The van der Waals surface area contributed by atoms with Crippen molar-refractivity contribution in [2.24, 2.45) is 0 Å². The maximum atomic E-state index is 4.95. The van der Waals surface area contributed by atoms with E-state index >= 15 is 0 Å². The van der Waals surface area contributed by atoms with E-state index in [0.29, 0.717) is 0 Å². The van der Waals surface area contributed by atoms with Crippen LogP contribution < -0.4 is 0 Å². The van der Waals surface area contributed by atoms with Crippen molar-refractivity contribution >= 4 is 10.5 Å². The van der Waals surface area contributed by atoms with E-state index in [1.54, 1.807) is 0 Å². The topological polar surface area (TPSA) is 12.5 Å². The molecule has 0 unspecified atom stereocenters. The first-order chi connectivity index (χ1) is 3.27. The standard InChI is InChI=1S/C4H13NOSi/c1-5(2)3-4-6-7/h3-4H2,1-2,7H3. The molecule has 0 aliphatic rings.